The van der Waals surface area contributed by atoms with E-state index in [4.69, 9.17) is 10.8 Å². The molecule has 20 heavy (non-hydrogen) atoms. The lowest BCUT2D eigenvalue weighted by atomic mass is 10.0. The molecule has 3 N–H and O–H groups in total. The zero-order chi connectivity index (χ0) is 14.9. The fourth-order valence-electron chi connectivity index (χ4n) is 2.73. The van der Waals surface area contributed by atoms with Crippen LogP contribution in [0.25, 0.3) is 0 Å². The van der Waals surface area contributed by atoms with Crippen molar-refractivity contribution in [3.63, 3.8) is 0 Å². The van der Waals surface area contributed by atoms with Crippen molar-refractivity contribution in [2.75, 3.05) is 6.61 Å². The SMILES string of the molecule is CCCCCCCCCCCCCCCC(N)CCO. The summed E-state index contributed by atoms with van der Waals surface area (Å²) in [5.74, 6) is 0. The van der Waals surface area contributed by atoms with E-state index in [0.29, 0.717) is 0 Å². The number of aliphatic hydroxyl groups is 1. The molecule has 0 bridgehead atoms. The number of aliphatic hydroxyl groups excluding tert-OH is 1. The minimum absolute atomic E-state index is 0.215. The molecule has 2 heteroatoms. The standard InChI is InChI=1S/C18H39NO/c1-2-3-4-5-6-7-8-9-10-11-12-13-14-15-18(19)16-17-20/h18,20H,2-17,19H2,1H3. The number of unbranched alkanes of at least 4 members (excludes halogenated alkanes) is 12. The van der Waals surface area contributed by atoms with Crippen molar-refractivity contribution in [2.24, 2.45) is 5.73 Å². The lowest BCUT2D eigenvalue weighted by Gasteiger charge is -2.09. The Balaban J connectivity index is 2.99. The highest BCUT2D eigenvalue weighted by Crippen LogP contribution is 2.13. The number of nitrogens with two attached hydrogens (primary N) is 1. The van der Waals surface area contributed by atoms with E-state index in [9.17, 15) is 0 Å². The average molecular weight is 286 g/mol. The summed E-state index contributed by atoms with van der Waals surface area (Å²) in [7, 11) is 0. The van der Waals surface area contributed by atoms with Gasteiger partial charge in [0, 0.05) is 12.6 Å². The van der Waals surface area contributed by atoms with E-state index in [1.807, 2.05) is 0 Å². The summed E-state index contributed by atoms with van der Waals surface area (Å²) in [6, 6.07) is 0.215. The highest BCUT2D eigenvalue weighted by molar-refractivity contribution is 4.60. The lowest BCUT2D eigenvalue weighted by molar-refractivity contribution is 0.271. The zero-order valence-electron chi connectivity index (χ0n) is 13.9. The third kappa shape index (κ3) is 16.0. The molecule has 2 nitrogen and oxygen atoms in total. The smallest absolute Gasteiger partial charge is 0.0445 e. The first-order valence-electron chi connectivity index (χ1n) is 9.17. The Morgan fingerprint density at radius 2 is 1.05 bits per heavy atom. The van der Waals surface area contributed by atoms with Crippen molar-refractivity contribution in [3.8, 4) is 0 Å². The predicted molar refractivity (Wildman–Crippen MR) is 90.0 cm³/mol. The van der Waals surface area contributed by atoms with E-state index in [1.165, 1.54) is 83.5 Å². The normalized spacial score (nSPS) is 12.8. The van der Waals surface area contributed by atoms with Gasteiger partial charge in [-0.05, 0) is 12.8 Å². The first-order chi connectivity index (χ1) is 9.81. The maximum absolute atomic E-state index is 8.76. The van der Waals surface area contributed by atoms with Crippen LogP contribution in [0.3, 0.4) is 0 Å². The Morgan fingerprint density at radius 1 is 0.650 bits per heavy atom. The number of hydrogen-bond donors (Lipinski definition) is 2. The van der Waals surface area contributed by atoms with Crippen LogP contribution in [0.5, 0.6) is 0 Å². The topological polar surface area (TPSA) is 46.2 Å². The molecular formula is C18H39NO. The minimum atomic E-state index is 0.215. The molecule has 122 valence electrons. The fraction of sp³-hybridized carbons (Fsp3) is 1.00. The largest absolute Gasteiger partial charge is 0.396 e. The quantitative estimate of drug-likeness (QED) is 0.384. The molecule has 0 aliphatic rings. The second-order valence-electron chi connectivity index (χ2n) is 6.30. The van der Waals surface area contributed by atoms with Crippen LogP contribution < -0.4 is 5.73 Å². The maximum atomic E-state index is 8.76. The predicted octanol–water partition coefficient (Wildman–Crippen LogP) is 5.18. The molecule has 0 aromatic carbocycles. The third-order valence-corrected chi connectivity index (χ3v) is 4.18. The maximum Gasteiger partial charge on any atom is 0.0445 e. The Labute approximate surface area is 127 Å². The number of hydrogen-bond acceptors (Lipinski definition) is 2. The van der Waals surface area contributed by atoms with Crippen molar-refractivity contribution < 1.29 is 5.11 Å². The molecule has 0 saturated heterocycles. The van der Waals surface area contributed by atoms with E-state index in [2.05, 4.69) is 6.92 Å². The van der Waals surface area contributed by atoms with E-state index < -0.39 is 0 Å². The molecule has 0 saturated carbocycles. The Hall–Kier alpha value is -0.0800. The summed E-state index contributed by atoms with van der Waals surface area (Å²) in [5.41, 5.74) is 5.86. The highest BCUT2D eigenvalue weighted by atomic mass is 16.3. The summed E-state index contributed by atoms with van der Waals surface area (Å²) >= 11 is 0. The van der Waals surface area contributed by atoms with Crippen molar-refractivity contribution >= 4 is 0 Å². The molecular weight excluding hydrogens is 246 g/mol. The second-order valence-corrected chi connectivity index (χ2v) is 6.30. The van der Waals surface area contributed by atoms with Gasteiger partial charge in [0.05, 0.1) is 0 Å². The summed E-state index contributed by atoms with van der Waals surface area (Å²) in [4.78, 5) is 0. The van der Waals surface area contributed by atoms with Gasteiger partial charge in [0.1, 0.15) is 0 Å². The van der Waals surface area contributed by atoms with Crippen LogP contribution in [0.15, 0.2) is 0 Å². The van der Waals surface area contributed by atoms with Gasteiger partial charge in [-0.15, -0.1) is 0 Å². The fourth-order valence-corrected chi connectivity index (χ4v) is 2.73. The van der Waals surface area contributed by atoms with Crippen LogP contribution in [0.4, 0.5) is 0 Å². The molecule has 0 heterocycles. The molecule has 1 unspecified atom stereocenters. The van der Waals surface area contributed by atoms with Crippen LogP contribution in [0.2, 0.25) is 0 Å². The first-order valence-corrected chi connectivity index (χ1v) is 9.17. The van der Waals surface area contributed by atoms with Crippen LogP contribution in [0.1, 0.15) is 103 Å². The van der Waals surface area contributed by atoms with Crippen molar-refractivity contribution in [2.45, 2.75) is 109 Å². The van der Waals surface area contributed by atoms with E-state index in [1.54, 1.807) is 0 Å². The summed E-state index contributed by atoms with van der Waals surface area (Å²) in [6.45, 7) is 2.51. The van der Waals surface area contributed by atoms with E-state index in [-0.39, 0.29) is 12.6 Å². The van der Waals surface area contributed by atoms with Gasteiger partial charge >= 0.3 is 0 Å². The first kappa shape index (κ1) is 19.9. The molecule has 0 aliphatic carbocycles. The molecule has 0 aromatic heterocycles. The lowest BCUT2D eigenvalue weighted by Crippen LogP contribution is -2.20. The highest BCUT2D eigenvalue weighted by Gasteiger charge is 2.00. The Kier molecular flexibility index (Phi) is 16.9. The van der Waals surface area contributed by atoms with Crippen molar-refractivity contribution in [1.29, 1.82) is 0 Å². The molecule has 0 aliphatic heterocycles. The van der Waals surface area contributed by atoms with Gasteiger partial charge in [-0.1, -0.05) is 90.4 Å². The average Bonchev–Trinajstić information content (AvgIpc) is 2.44. The van der Waals surface area contributed by atoms with E-state index >= 15 is 0 Å². The van der Waals surface area contributed by atoms with Gasteiger partial charge in [0.15, 0.2) is 0 Å². The van der Waals surface area contributed by atoms with Gasteiger partial charge in [-0.25, -0.2) is 0 Å². The summed E-state index contributed by atoms with van der Waals surface area (Å²) < 4.78 is 0. The van der Waals surface area contributed by atoms with Crippen LogP contribution in [0, 0.1) is 0 Å². The van der Waals surface area contributed by atoms with Crippen LogP contribution in [-0.4, -0.2) is 17.8 Å². The van der Waals surface area contributed by atoms with Gasteiger partial charge in [-0.2, -0.15) is 0 Å². The second kappa shape index (κ2) is 17.0. The Bertz CT molecular complexity index is 173. The molecule has 0 radical (unpaired) electrons. The van der Waals surface area contributed by atoms with Crippen LogP contribution >= 0.6 is 0 Å². The third-order valence-electron chi connectivity index (χ3n) is 4.18. The summed E-state index contributed by atoms with van der Waals surface area (Å²) in [5, 5.41) is 8.76. The van der Waals surface area contributed by atoms with Crippen molar-refractivity contribution in [3.05, 3.63) is 0 Å². The summed E-state index contributed by atoms with van der Waals surface area (Å²) in [6.07, 6.45) is 20.0. The molecule has 0 rings (SSSR count). The van der Waals surface area contributed by atoms with E-state index in [0.717, 1.165) is 12.8 Å². The molecule has 1 atom stereocenters. The molecule has 0 aromatic rings. The monoisotopic (exact) mass is 285 g/mol. The molecule has 0 spiro atoms. The van der Waals surface area contributed by atoms with Gasteiger partial charge in [-0.3, -0.25) is 0 Å². The van der Waals surface area contributed by atoms with Gasteiger partial charge in [0.25, 0.3) is 0 Å². The molecule has 0 fully saturated rings. The Morgan fingerprint density at radius 3 is 1.45 bits per heavy atom. The van der Waals surface area contributed by atoms with Crippen molar-refractivity contribution in [1.82, 2.24) is 0 Å². The molecule has 0 amide bonds. The minimum Gasteiger partial charge on any atom is -0.396 e. The number of rotatable bonds is 16. The zero-order valence-corrected chi connectivity index (χ0v) is 13.9. The van der Waals surface area contributed by atoms with Gasteiger partial charge < -0.3 is 10.8 Å². The van der Waals surface area contributed by atoms with Crippen LogP contribution in [-0.2, 0) is 0 Å². The van der Waals surface area contributed by atoms with Gasteiger partial charge in [0.2, 0.25) is 0 Å².